The molecule has 0 aromatic rings. The van der Waals surface area contributed by atoms with Gasteiger partial charge < -0.3 is 0 Å². The second-order valence-corrected chi connectivity index (χ2v) is 0.895. The molecular weight excluding hydrogens is 92.1 g/mol. The van der Waals surface area contributed by atoms with E-state index in [0.29, 0.717) is 13.2 Å². The third kappa shape index (κ3) is 5.66. The normalized spacial score (nSPS) is 8.71. The van der Waals surface area contributed by atoms with Crippen molar-refractivity contribution in [1.29, 1.82) is 0 Å². The van der Waals surface area contributed by atoms with Gasteiger partial charge in [-0.1, -0.05) is 6.08 Å². The fourth-order valence-corrected chi connectivity index (χ4v) is 0.155. The maximum atomic E-state index is 4.45. The van der Waals surface area contributed by atoms with Gasteiger partial charge in [0.05, 0.1) is 6.61 Å². The van der Waals surface area contributed by atoms with Crippen molar-refractivity contribution in [3.05, 3.63) is 19.6 Å². The van der Waals surface area contributed by atoms with Crippen LogP contribution in [0.15, 0.2) is 12.7 Å². The average molecular weight is 101 g/mol. The first-order chi connectivity index (χ1) is 3.41. The number of hydrogen-bond donors (Lipinski definition) is 0. The van der Waals surface area contributed by atoms with Gasteiger partial charge in [0, 0.05) is 0 Å². The van der Waals surface area contributed by atoms with Crippen LogP contribution < -0.4 is 0 Å². The van der Waals surface area contributed by atoms with Crippen molar-refractivity contribution in [3.8, 4) is 0 Å². The van der Waals surface area contributed by atoms with Crippen molar-refractivity contribution < 1.29 is 9.78 Å². The Labute approximate surface area is 43.7 Å². The van der Waals surface area contributed by atoms with Gasteiger partial charge in [-0.2, -0.15) is 0 Å². The molecule has 0 aromatic carbocycles. The highest BCUT2D eigenvalue weighted by Gasteiger charge is 1.74. The van der Waals surface area contributed by atoms with Crippen LogP contribution in [0.3, 0.4) is 0 Å². The Balaban J connectivity index is 2.56. The molecule has 0 aliphatic rings. The molecule has 1 radical (unpaired) electrons. The van der Waals surface area contributed by atoms with Crippen LogP contribution in [0, 0.1) is 6.92 Å². The molecule has 0 unspecified atom stereocenters. The van der Waals surface area contributed by atoms with E-state index in [1.165, 1.54) is 0 Å². The van der Waals surface area contributed by atoms with E-state index in [1.54, 1.807) is 6.08 Å². The summed E-state index contributed by atoms with van der Waals surface area (Å²) in [6.07, 6.45) is 1.61. The van der Waals surface area contributed by atoms with Crippen molar-refractivity contribution in [1.82, 2.24) is 0 Å². The smallest absolute Gasteiger partial charge is 0.100 e. The van der Waals surface area contributed by atoms with Gasteiger partial charge in [-0.3, -0.25) is 0 Å². The summed E-state index contributed by atoms with van der Waals surface area (Å²) in [6.45, 7) is 7.55. The lowest BCUT2D eigenvalue weighted by Gasteiger charge is -1.93. The average Bonchev–Trinajstić information content (AvgIpc) is 1.69. The van der Waals surface area contributed by atoms with Gasteiger partial charge in [0.15, 0.2) is 0 Å². The minimum Gasteiger partial charge on any atom is -0.236 e. The predicted molar refractivity (Wildman–Crippen MR) is 27.5 cm³/mol. The summed E-state index contributed by atoms with van der Waals surface area (Å²) >= 11 is 0. The van der Waals surface area contributed by atoms with E-state index in [1.807, 2.05) is 0 Å². The SMILES string of the molecule is [CH2]COOCC=C. The van der Waals surface area contributed by atoms with Crippen molar-refractivity contribution in [2.45, 2.75) is 0 Å². The molecular formula is C5H9O2. The third-order valence-corrected chi connectivity index (χ3v) is 0.353. The predicted octanol–water partition coefficient (Wildman–Crippen LogP) is 0.955. The fourth-order valence-electron chi connectivity index (χ4n) is 0.155. The summed E-state index contributed by atoms with van der Waals surface area (Å²) in [5.41, 5.74) is 0. The van der Waals surface area contributed by atoms with Gasteiger partial charge in [0.1, 0.15) is 6.61 Å². The fraction of sp³-hybridized carbons (Fsp3) is 0.400. The quantitative estimate of drug-likeness (QED) is 0.227. The van der Waals surface area contributed by atoms with Gasteiger partial charge in [-0.15, -0.1) is 6.58 Å². The molecule has 0 saturated carbocycles. The van der Waals surface area contributed by atoms with Crippen LogP contribution >= 0.6 is 0 Å². The van der Waals surface area contributed by atoms with E-state index in [4.69, 9.17) is 0 Å². The van der Waals surface area contributed by atoms with E-state index in [9.17, 15) is 0 Å². The summed E-state index contributed by atoms with van der Waals surface area (Å²) in [7, 11) is 0. The molecule has 0 spiro atoms. The molecule has 41 valence electrons. The highest BCUT2D eigenvalue weighted by atomic mass is 17.2. The highest BCUT2D eigenvalue weighted by molar-refractivity contribution is 4.62. The molecule has 2 nitrogen and oxygen atoms in total. The van der Waals surface area contributed by atoms with E-state index in [0.717, 1.165) is 0 Å². The first-order valence-corrected chi connectivity index (χ1v) is 2.06. The van der Waals surface area contributed by atoms with Crippen molar-refractivity contribution >= 4 is 0 Å². The molecule has 0 rings (SSSR count). The maximum absolute atomic E-state index is 4.45. The first-order valence-electron chi connectivity index (χ1n) is 2.06. The van der Waals surface area contributed by atoms with Crippen molar-refractivity contribution in [2.75, 3.05) is 13.2 Å². The monoisotopic (exact) mass is 101 g/mol. The minimum atomic E-state index is 0.341. The lowest BCUT2D eigenvalue weighted by Crippen LogP contribution is -1.91. The largest absolute Gasteiger partial charge is 0.236 e. The molecule has 0 fully saturated rings. The van der Waals surface area contributed by atoms with Gasteiger partial charge in [0.25, 0.3) is 0 Å². The van der Waals surface area contributed by atoms with Crippen LogP contribution in [0.1, 0.15) is 0 Å². The molecule has 0 heterocycles. The molecule has 0 saturated heterocycles. The van der Waals surface area contributed by atoms with Gasteiger partial charge in [-0.25, -0.2) is 9.78 Å². The molecule has 0 atom stereocenters. The Bertz CT molecular complexity index is 43.3. The van der Waals surface area contributed by atoms with E-state index >= 15 is 0 Å². The Kier molecular flexibility index (Phi) is 5.39. The lowest BCUT2D eigenvalue weighted by atomic mass is 10.7. The zero-order valence-electron chi connectivity index (χ0n) is 4.22. The zero-order chi connectivity index (χ0) is 5.54. The Morgan fingerprint density at radius 3 is 2.57 bits per heavy atom. The highest BCUT2D eigenvalue weighted by Crippen LogP contribution is 1.74. The maximum Gasteiger partial charge on any atom is 0.100 e. The summed E-state index contributed by atoms with van der Waals surface area (Å²) in [5.74, 6) is 0. The van der Waals surface area contributed by atoms with E-state index < -0.39 is 0 Å². The van der Waals surface area contributed by atoms with Crippen LogP contribution in [-0.4, -0.2) is 13.2 Å². The molecule has 2 heteroatoms. The van der Waals surface area contributed by atoms with Crippen LogP contribution in [0.4, 0.5) is 0 Å². The van der Waals surface area contributed by atoms with Crippen LogP contribution in [0.2, 0.25) is 0 Å². The van der Waals surface area contributed by atoms with Crippen molar-refractivity contribution in [2.24, 2.45) is 0 Å². The van der Waals surface area contributed by atoms with Crippen molar-refractivity contribution in [3.63, 3.8) is 0 Å². The lowest BCUT2D eigenvalue weighted by molar-refractivity contribution is -0.278. The van der Waals surface area contributed by atoms with Crippen LogP contribution in [-0.2, 0) is 9.78 Å². The Morgan fingerprint density at radius 1 is 1.43 bits per heavy atom. The topological polar surface area (TPSA) is 18.5 Å². The summed E-state index contributed by atoms with van der Waals surface area (Å²) < 4.78 is 0. The molecule has 0 aromatic heterocycles. The molecule has 7 heavy (non-hydrogen) atoms. The molecule has 0 bridgehead atoms. The Morgan fingerprint density at radius 2 is 2.14 bits per heavy atom. The minimum absolute atomic E-state index is 0.341. The standard InChI is InChI=1S/C5H9O2/c1-3-5-7-6-4-2/h3H,1-2,4-5H2. The molecule has 0 aliphatic heterocycles. The summed E-state index contributed by atoms with van der Waals surface area (Å²) in [6, 6.07) is 0. The summed E-state index contributed by atoms with van der Waals surface area (Å²) in [4.78, 5) is 8.84. The summed E-state index contributed by atoms with van der Waals surface area (Å²) in [5, 5.41) is 0. The second kappa shape index (κ2) is 5.66. The van der Waals surface area contributed by atoms with Gasteiger partial charge >= 0.3 is 0 Å². The molecule has 0 N–H and O–H groups in total. The van der Waals surface area contributed by atoms with Gasteiger partial charge in [-0.05, 0) is 6.92 Å². The van der Waals surface area contributed by atoms with E-state index in [-0.39, 0.29) is 0 Å². The zero-order valence-corrected chi connectivity index (χ0v) is 4.22. The molecule has 0 aliphatic carbocycles. The van der Waals surface area contributed by atoms with Crippen LogP contribution in [0.25, 0.3) is 0 Å². The third-order valence-electron chi connectivity index (χ3n) is 0.353. The first kappa shape index (κ1) is 6.66. The van der Waals surface area contributed by atoms with E-state index in [2.05, 4.69) is 23.3 Å². The second-order valence-electron chi connectivity index (χ2n) is 0.895. The Hall–Kier alpha value is -0.340. The number of hydrogen-bond acceptors (Lipinski definition) is 2. The molecule has 0 amide bonds. The van der Waals surface area contributed by atoms with Gasteiger partial charge in [0.2, 0.25) is 0 Å². The van der Waals surface area contributed by atoms with Crippen LogP contribution in [0.5, 0.6) is 0 Å². The number of rotatable bonds is 4.